The number of nitrogens with zero attached hydrogens (tertiary/aromatic N) is 1. The molecular weight excluding hydrogens is 474 g/mol. The van der Waals surface area contributed by atoms with Crippen molar-refractivity contribution < 1.29 is 0 Å². The Labute approximate surface area is 201 Å². The second-order valence-electron chi connectivity index (χ2n) is 8.34. The molecule has 1 aliphatic rings. The van der Waals surface area contributed by atoms with Crippen LogP contribution in [0.2, 0.25) is 0 Å². The molecule has 2 atom stereocenters. The molecule has 1 nitrogen and oxygen atoms in total. The van der Waals surface area contributed by atoms with Crippen molar-refractivity contribution in [2.75, 3.05) is 4.90 Å². The Hall–Kier alpha value is -2.88. The number of rotatable bonds is 3. The molecule has 0 N–H and O–H groups in total. The second-order valence-corrected chi connectivity index (χ2v) is 10.3. The predicted octanol–water partition coefficient (Wildman–Crippen LogP) is 9.33. The van der Waals surface area contributed by atoms with Gasteiger partial charge in [-0.15, -0.1) is 11.3 Å². The van der Waals surface area contributed by atoms with Crippen LogP contribution in [0.5, 0.6) is 0 Å². The minimum Gasteiger partial charge on any atom is -0.332 e. The minimum atomic E-state index is 0.209. The van der Waals surface area contributed by atoms with Crippen molar-refractivity contribution in [3.05, 3.63) is 118 Å². The van der Waals surface area contributed by atoms with Crippen molar-refractivity contribution in [1.82, 2.24) is 0 Å². The summed E-state index contributed by atoms with van der Waals surface area (Å²) in [5, 5.41) is 1.35. The molecule has 0 spiro atoms. The Morgan fingerprint density at radius 2 is 1.38 bits per heavy atom. The van der Waals surface area contributed by atoms with E-state index in [1.807, 2.05) is 11.3 Å². The smallest absolute Gasteiger partial charge is 0.0756 e. The molecule has 1 heterocycles. The number of benzene rings is 4. The average Bonchev–Trinajstić information content (AvgIpc) is 3.21. The number of hydrogen-bond acceptors (Lipinski definition) is 2. The van der Waals surface area contributed by atoms with Crippen LogP contribution in [0.1, 0.15) is 29.3 Å². The standard InChI is InChI=1S/C29H22BrNS/c1-19-23-14-8-9-15-24(23)27-25-17-16-20(30)18-26(25)32-29(27)28(19)31(21-10-4-2-5-11-21)22-12-6-3-7-13-22/h2-19,28H,1H3. The molecule has 5 aromatic rings. The van der Waals surface area contributed by atoms with E-state index in [0.717, 1.165) is 4.47 Å². The summed E-state index contributed by atoms with van der Waals surface area (Å²) in [6.07, 6.45) is 0. The van der Waals surface area contributed by atoms with Crippen molar-refractivity contribution >= 4 is 48.7 Å². The van der Waals surface area contributed by atoms with Crippen LogP contribution in [0.4, 0.5) is 11.4 Å². The first-order valence-electron chi connectivity index (χ1n) is 10.9. The van der Waals surface area contributed by atoms with E-state index < -0.39 is 0 Å². The highest BCUT2D eigenvalue weighted by Gasteiger charge is 2.38. The molecule has 1 aliphatic carbocycles. The summed E-state index contributed by atoms with van der Waals surface area (Å²) < 4.78 is 2.46. The molecule has 0 fully saturated rings. The lowest BCUT2D eigenvalue weighted by Gasteiger charge is -2.41. The number of anilines is 2. The largest absolute Gasteiger partial charge is 0.332 e. The van der Waals surface area contributed by atoms with Crippen LogP contribution in [-0.4, -0.2) is 0 Å². The quantitative estimate of drug-likeness (QED) is 0.241. The molecule has 0 amide bonds. The first-order valence-corrected chi connectivity index (χ1v) is 12.5. The maximum atomic E-state index is 3.68. The first-order chi connectivity index (χ1) is 15.7. The minimum absolute atomic E-state index is 0.209. The lowest BCUT2D eigenvalue weighted by atomic mass is 9.78. The zero-order valence-electron chi connectivity index (χ0n) is 17.7. The third-order valence-corrected chi connectivity index (χ3v) is 8.21. The van der Waals surface area contributed by atoms with Crippen LogP contribution in [0.3, 0.4) is 0 Å². The molecule has 0 saturated heterocycles. The number of hydrogen-bond donors (Lipinski definition) is 0. The zero-order chi connectivity index (χ0) is 21.7. The first kappa shape index (κ1) is 19.8. The van der Waals surface area contributed by atoms with E-state index in [2.05, 4.69) is 131 Å². The highest BCUT2D eigenvalue weighted by atomic mass is 79.9. The summed E-state index contributed by atoms with van der Waals surface area (Å²) in [5.74, 6) is 0.343. The molecule has 0 aliphatic heterocycles. The fourth-order valence-corrected chi connectivity index (χ4v) is 7.05. The van der Waals surface area contributed by atoms with E-state index in [0.29, 0.717) is 5.92 Å². The van der Waals surface area contributed by atoms with Crippen LogP contribution < -0.4 is 4.90 Å². The SMILES string of the molecule is CC1c2ccccc2-c2c(sc3cc(Br)ccc23)C1N(c1ccccc1)c1ccccc1. The van der Waals surface area contributed by atoms with Crippen molar-refractivity contribution in [3.63, 3.8) is 0 Å². The van der Waals surface area contributed by atoms with Crippen molar-refractivity contribution in [2.24, 2.45) is 0 Å². The monoisotopic (exact) mass is 495 g/mol. The van der Waals surface area contributed by atoms with Crippen LogP contribution in [0, 0.1) is 0 Å². The Bertz CT molecular complexity index is 1370. The van der Waals surface area contributed by atoms with Gasteiger partial charge in [0.1, 0.15) is 0 Å². The number of halogens is 1. The maximum absolute atomic E-state index is 3.68. The van der Waals surface area contributed by atoms with Gasteiger partial charge in [0.05, 0.1) is 6.04 Å². The van der Waals surface area contributed by atoms with Crippen LogP contribution in [0.25, 0.3) is 21.2 Å². The highest BCUT2D eigenvalue weighted by Crippen LogP contribution is 2.56. The van der Waals surface area contributed by atoms with Crippen LogP contribution in [-0.2, 0) is 0 Å². The summed E-state index contributed by atoms with van der Waals surface area (Å²) in [6, 6.07) is 37.5. The third kappa shape index (κ3) is 3.11. The molecular formula is C29H22BrNS. The van der Waals surface area contributed by atoms with E-state index >= 15 is 0 Å². The Kier molecular flexibility index (Phi) is 4.89. The molecule has 0 radical (unpaired) electrons. The molecule has 3 heteroatoms. The molecule has 32 heavy (non-hydrogen) atoms. The van der Waals surface area contributed by atoms with E-state index in [1.54, 1.807) is 0 Å². The van der Waals surface area contributed by atoms with E-state index in [4.69, 9.17) is 0 Å². The normalized spacial score (nSPS) is 17.1. The highest BCUT2D eigenvalue weighted by molar-refractivity contribution is 9.10. The van der Waals surface area contributed by atoms with Gasteiger partial charge in [-0.25, -0.2) is 0 Å². The zero-order valence-corrected chi connectivity index (χ0v) is 20.1. The van der Waals surface area contributed by atoms with Gasteiger partial charge in [0.15, 0.2) is 0 Å². The average molecular weight is 496 g/mol. The van der Waals surface area contributed by atoms with E-state index in [9.17, 15) is 0 Å². The van der Waals surface area contributed by atoms with Gasteiger partial charge in [-0.2, -0.15) is 0 Å². The molecule has 1 aromatic heterocycles. The summed E-state index contributed by atoms with van der Waals surface area (Å²) in [6.45, 7) is 2.38. The van der Waals surface area contributed by atoms with Crippen LogP contribution in [0.15, 0.2) is 108 Å². The Morgan fingerprint density at radius 3 is 2.06 bits per heavy atom. The molecule has 6 rings (SSSR count). The third-order valence-electron chi connectivity index (χ3n) is 6.49. The van der Waals surface area contributed by atoms with Gasteiger partial charge in [0.25, 0.3) is 0 Å². The fourth-order valence-electron chi connectivity index (χ4n) is 5.08. The topological polar surface area (TPSA) is 3.24 Å². The van der Waals surface area contributed by atoms with Gasteiger partial charge < -0.3 is 4.90 Å². The Balaban J connectivity index is 1.67. The van der Waals surface area contributed by atoms with Crippen molar-refractivity contribution in [2.45, 2.75) is 18.9 Å². The number of thiophene rings is 1. The summed E-state index contributed by atoms with van der Waals surface area (Å²) in [5.41, 5.74) is 6.64. The van der Waals surface area contributed by atoms with Gasteiger partial charge in [0.2, 0.25) is 0 Å². The van der Waals surface area contributed by atoms with Gasteiger partial charge in [-0.3, -0.25) is 0 Å². The second kappa shape index (κ2) is 7.91. The molecule has 4 aromatic carbocycles. The number of fused-ring (bicyclic) bond motifs is 5. The van der Waals surface area contributed by atoms with Crippen LogP contribution >= 0.6 is 27.3 Å². The van der Waals surface area contributed by atoms with Crippen molar-refractivity contribution in [3.8, 4) is 11.1 Å². The lowest BCUT2D eigenvalue weighted by molar-refractivity contribution is 0.585. The fraction of sp³-hybridized carbons (Fsp3) is 0.103. The van der Waals surface area contributed by atoms with Gasteiger partial charge in [-0.05, 0) is 47.5 Å². The van der Waals surface area contributed by atoms with Crippen molar-refractivity contribution in [1.29, 1.82) is 0 Å². The molecule has 0 saturated carbocycles. The number of para-hydroxylation sites is 2. The maximum Gasteiger partial charge on any atom is 0.0756 e. The summed E-state index contributed by atoms with van der Waals surface area (Å²) in [4.78, 5) is 3.97. The lowest BCUT2D eigenvalue weighted by Crippen LogP contribution is -2.30. The predicted molar refractivity (Wildman–Crippen MR) is 141 cm³/mol. The van der Waals surface area contributed by atoms with Gasteiger partial charge in [-0.1, -0.05) is 89.6 Å². The van der Waals surface area contributed by atoms with Gasteiger partial charge >= 0.3 is 0 Å². The Morgan fingerprint density at radius 1 is 0.750 bits per heavy atom. The van der Waals surface area contributed by atoms with E-state index in [1.165, 1.54) is 43.0 Å². The molecule has 2 unspecified atom stereocenters. The molecule has 0 bridgehead atoms. The van der Waals surface area contributed by atoms with E-state index in [-0.39, 0.29) is 6.04 Å². The summed E-state index contributed by atoms with van der Waals surface area (Å²) in [7, 11) is 0. The molecule has 156 valence electrons. The van der Waals surface area contributed by atoms with Gasteiger partial charge in [0, 0.05) is 42.3 Å². The summed E-state index contributed by atoms with van der Waals surface area (Å²) >= 11 is 5.62.